The van der Waals surface area contributed by atoms with E-state index < -0.39 is 5.54 Å². The summed E-state index contributed by atoms with van der Waals surface area (Å²) >= 11 is 11.7. The number of halogens is 2. The molecular weight excluding hydrogens is 273 g/mol. The first-order valence-electron chi connectivity index (χ1n) is 5.75. The van der Waals surface area contributed by atoms with Gasteiger partial charge in [0.15, 0.2) is 5.15 Å². The zero-order valence-electron chi connectivity index (χ0n) is 10.3. The Kier molecular flexibility index (Phi) is 3.54. The van der Waals surface area contributed by atoms with Crippen molar-refractivity contribution in [2.24, 2.45) is 11.7 Å². The maximum Gasteiger partial charge on any atom is 0.244 e. The van der Waals surface area contributed by atoms with E-state index in [9.17, 15) is 4.79 Å². The number of hydrogen-bond donors (Lipinski definition) is 2. The zero-order chi connectivity index (χ0) is 13.5. The number of aromatic nitrogens is 1. The van der Waals surface area contributed by atoms with Crippen LogP contribution in [0.3, 0.4) is 0 Å². The monoisotopic (exact) mass is 287 g/mol. The fourth-order valence-electron chi connectivity index (χ4n) is 1.86. The first-order valence-corrected chi connectivity index (χ1v) is 6.51. The summed E-state index contributed by atoms with van der Waals surface area (Å²) in [4.78, 5) is 16.1. The minimum Gasteiger partial charge on any atom is -0.322 e. The molecule has 1 aromatic rings. The van der Waals surface area contributed by atoms with E-state index in [1.165, 1.54) is 0 Å². The summed E-state index contributed by atoms with van der Waals surface area (Å²) < 4.78 is 0. The smallest absolute Gasteiger partial charge is 0.244 e. The third kappa shape index (κ3) is 2.60. The van der Waals surface area contributed by atoms with Gasteiger partial charge < -0.3 is 11.1 Å². The molecule has 1 aromatic heterocycles. The van der Waals surface area contributed by atoms with Crippen LogP contribution in [0.5, 0.6) is 0 Å². The predicted molar refractivity (Wildman–Crippen MR) is 72.9 cm³/mol. The summed E-state index contributed by atoms with van der Waals surface area (Å²) in [6.45, 7) is 3.55. The van der Waals surface area contributed by atoms with Gasteiger partial charge in [0, 0.05) is 0 Å². The molecule has 0 saturated heterocycles. The Morgan fingerprint density at radius 2 is 2.17 bits per heavy atom. The van der Waals surface area contributed by atoms with Crippen LogP contribution in [-0.4, -0.2) is 16.4 Å². The van der Waals surface area contributed by atoms with Crippen LogP contribution in [0.15, 0.2) is 6.07 Å². The molecule has 2 rings (SSSR count). The van der Waals surface area contributed by atoms with E-state index in [0.29, 0.717) is 10.8 Å². The number of amides is 1. The van der Waals surface area contributed by atoms with E-state index in [0.717, 1.165) is 18.4 Å². The van der Waals surface area contributed by atoms with Gasteiger partial charge >= 0.3 is 0 Å². The highest BCUT2D eigenvalue weighted by molar-refractivity contribution is 6.34. The molecule has 1 aliphatic rings. The number of carbonyl (C=O) groups is 1. The second-order valence-electron chi connectivity index (χ2n) is 4.94. The second kappa shape index (κ2) is 4.68. The summed E-state index contributed by atoms with van der Waals surface area (Å²) in [6, 6.07) is 1.65. The molecule has 0 bridgehead atoms. The molecule has 0 aliphatic heterocycles. The predicted octanol–water partition coefficient (Wildman–Crippen LogP) is 2.76. The molecule has 1 saturated carbocycles. The second-order valence-corrected chi connectivity index (χ2v) is 5.68. The van der Waals surface area contributed by atoms with Crippen molar-refractivity contribution in [2.75, 3.05) is 5.32 Å². The highest BCUT2D eigenvalue weighted by Crippen LogP contribution is 2.39. The average molecular weight is 288 g/mol. The summed E-state index contributed by atoms with van der Waals surface area (Å²) in [7, 11) is 0. The van der Waals surface area contributed by atoms with Gasteiger partial charge in [-0.1, -0.05) is 23.2 Å². The molecule has 98 valence electrons. The van der Waals surface area contributed by atoms with Gasteiger partial charge in [-0.25, -0.2) is 4.98 Å². The van der Waals surface area contributed by atoms with Crippen LogP contribution in [0.25, 0.3) is 0 Å². The van der Waals surface area contributed by atoms with Gasteiger partial charge in [-0.3, -0.25) is 4.79 Å². The van der Waals surface area contributed by atoms with Crippen LogP contribution >= 0.6 is 23.2 Å². The van der Waals surface area contributed by atoms with Crippen molar-refractivity contribution in [3.05, 3.63) is 21.9 Å². The number of nitrogens with one attached hydrogen (secondary N) is 1. The molecule has 0 spiro atoms. The molecule has 1 fully saturated rings. The third-order valence-electron chi connectivity index (χ3n) is 3.29. The molecule has 0 aromatic carbocycles. The minimum atomic E-state index is -0.866. The van der Waals surface area contributed by atoms with E-state index in [4.69, 9.17) is 28.9 Å². The highest BCUT2D eigenvalue weighted by atomic mass is 35.5. The van der Waals surface area contributed by atoms with Crippen LogP contribution in [0, 0.1) is 12.8 Å². The number of carbonyl (C=O) groups excluding carboxylic acids is 1. The Hall–Kier alpha value is -0.840. The van der Waals surface area contributed by atoms with E-state index in [2.05, 4.69) is 10.3 Å². The lowest BCUT2D eigenvalue weighted by molar-refractivity contribution is -0.121. The number of hydrogen-bond acceptors (Lipinski definition) is 3. The van der Waals surface area contributed by atoms with Crippen molar-refractivity contribution in [2.45, 2.75) is 32.2 Å². The maximum absolute atomic E-state index is 12.1. The normalized spacial score (nSPS) is 18.3. The molecule has 18 heavy (non-hydrogen) atoms. The quantitative estimate of drug-likeness (QED) is 0.840. The lowest BCUT2D eigenvalue weighted by Crippen LogP contribution is -2.50. The number of nitrogens with two attached hydrogens (primary N) is 1. The molecule has 1 atom stereocenters. The van der Waals surface area contributed by atoms with Crippen molar-refractivity contribution in [1.82, 2.24) is 4.98 Å². The van der Waals surface area contributed by atoms with Gasteiger partial charge in [0.05, 0.1) is 11.2 Å². The molecule has 3 N–H and O–H groups in total. The maximum atomic E-state index is 12.1. The molecule has 1 amide bonds. The number of aryl methyl sites for hydroxylation is 1. The number of pyridine rings is 1. The third-order valence-corrected chi connectivity index (χ3v) is 3.76. The standard InChI is InChI=1S/C12H15Cl2N3O/c1-6-5-8(13)16-10(14)9(6)17-11(18)12(2,15)7-3-4-7/h5,7H,3-4,15H2,1-2H3,(H,17,18). The lowest BCUT2D eigenvalue weighted by Gasteiger charge is -2.23. The molecule has 4 nitrogen and oxygen atoms in total. The minimum absolute atomic E-state index is 0.181. The Labute approximate surface area is 116 Å². The lowest BCUT2D eigenvalue weighted by atomic mass is 9.96. The molecule has 1 unspecified atom stereocenters. The van der Waals surface area contributed by atoms with E-state index in [1.807, 2.05) is 0 Å². The molecular formula is C12H15Cl2N3O. The Morgan fingerprint density at radius 1 is 1.56 bits per heavy atom. The van der Waals surface area contributed by atoms with Crippen LogP contribution in [0.1, 0.15) is 25.3 Å². The van der Waals surface area contributed by atoms with E-state index >= 15 is 0 Å². The van der Waals surface area contributed by atoms with Gasteiger partial charge in [-0.15, -0.1) is 0 Å². The average Bonchev–Trinajstić information content (AvgIpc) is 3.06. The van der Waals surface area contributed by atoms with Crippen molar-refractivity contribution in [1.29, 1.82) is 0 Å². The highest BCUT2D eigenvalue weighted by Gasteiger charge is 2.44. The Morgan fingerprint density at radius 3 is 2.67 bits per heavy atom. The van der Waals surface area contributed by atoms with Gasteiger partial charge in [0.1, 0.15) is 5.15 Å². The number of rotatable bonds is 3. The van der Waals surface area contributed by atoms with Crippen molar-refractivity contribution in [3.63, 3.8) is 0 Å². The fourth-order valence-corrected chi connectivity index (χ4v) is 2.44. The fraction of sp³-hybridized carbons (Fsp3) is 0.500. The largest absolute Gasteiger partial charge is 0.322 e. The first kappa shape index (κ1) is 13.6. The van der Waals surface area contributed by atoms with Crippen LogP contribution in [0.4, 0.5) is 5.69 Å². The Balaban J connectivity index is 2.21. The van der Waals surface area contributed by atoms with E-state index in [1.54, 1.807) is 19.9 Å². The molecule has 0 radical (unpaired) electrons. The summed E-state index contributed by atoms with van der Waals surface area (Å²) in [6.07, 6.45) is 1.98. The summed E-state index contributed by atoms with van der Waals surface area (Å²) in [5.74, 6) is 0.0102. The SMILES string of the molecule is Cc1cc(Cl)nc(Cl)c1NC(=O)C(C)(N)C1CC1. The van der Waals surface area contributed by atoms with Gasteiger partial charge in [-0.2, -0.15) is 0 Å². The Bertz CT molecular complexity index is 475. The topological polar surface area (TPSA) is 68.0 Å². The number of anilines is 1. The van der Waals surface area contributed by atoms with Crippen molar-refractivity contribution in [3.8, 4) is 0 Å². The zero-order valence-corrected chi connectivity index (χ0v) is 11.8. The molecule has 1 aliphatic carbocycles. The van der Waals surface area contributed by atoms with Gasteiger partial charge in [0.25, 0.3) is 0 Å². The molecule has 6 heteroatoms. The van der Waals surface area contributed by atoms with Gasteiger partial charge in [0.2, 0.25) is 5.91 Å². The van der Waals surface area contributed by atoms with Gasteiger partial charge in [-0.05, 0) is 44.2 Å². The summed E-state index contributed by atoms with van der Waals surface area (Å²) in [5, 5.41) is 3.23. The number of nitrogens with zero attached hydrogens (tertiary/aromatic N) is 1. The van der Waals surface area contributed by atoms with E-state index in [-0.39, 0.29) is 17.0 Å². The van der Waals surface area contributed by atoms with Crippen molar-refractivity contribution < 1.29 is 4.79 Å². The van der Waals surface area contributed by atoms with Crippen LogP contribution in [-0.2, 0) is 4.79 Å². The molecule has 1 heterocycles. The van der Waals surface area contributed by atoms with Crippen molar-refractivity contribution >= 4 is 34.8 Å². The first-order chi connectivity index (χ1) is 8.32. The summed E-state index contributed by atoms with van der Waals surface area (Å²) in [5.41, 5.74) is 6.42. The van der Waals surface area contributed by atoms with Crippen LogP contribution < -0.4 is 11.1 Å². The van der Waals surface area contributed by atoms with Crippen LogP contribution in [0.2, 0.25) is 10.3 Å².